The SMILES string of the molecule is COc1ccc(O)c(NC(=S)NC(=O)c2ccccc2)c1. The molecule has 0 aliphatic carbocycles. The third kappa shape index (κ3) is 3.93. The Morgan fingerprint density at radius 2 is 1.90 bits per heavy atom. The van der Waals surface area contributed by atoms with E-state index >= 15 is 0 Å². The molecule has 0 saturated carbocycles. The fourth-order valence-corrected chi connectivity index (χ4v) is 1.86. The Labute approximate surface area is 127 Å². The first-order valence-electron chi connectivity index (χ1n) is 6.14. The second kappa shape index (κ2) is 6.71. The number of hydrogen-bond donors (Lipinski definition) is 3. The van der Waals surface area contributed by atoms with E-state index in [1.807, 2.05) is 6.07 Å². The summed E-state index contributed by atoms with van der Waals surface area (Å²) in [7, 11) is 1.52. The number of anilines is 1. The van der Waals surface area contributed by atoms with Crippen molar-refractivity contribution in [3.63, 3.8) is 0 Å². The molecule has 21 heavy (non-hydrogen) atoms. The minimum atomic E-state index is -0.324. The number of thiocarbonyl (C=S) groups is 1. The largest absolute Gasteiger partial charge is 0.506 e. The summed E-state index contributed by atoms with van der Waals surface area (Å²) >= 11 is 5.06. The highest BCUT2D eigenvalue weighted by atomic mass is 32.1. The number of phenolic OH excluding ortho intramolecular Hbond substituents is 1. The molecule has 5 nitrogen and oxygen atoms in total. The zero-order valence-corrected chi connectivity index (χ0v) is 12.1. The van der Waals surface area contributed by atoms with Crippen molar-refractivity contribution in [3.8, 4) is 11.5 Å². The van der Waals surface area contributed by atoms with Gasteiger partial charge in [0.25, 0.3) is 5.91 Å². The Morgan fingerprint density at radius 3 is 2.57 bits per heavy atom. The Kier molecular flexibility index (Phi) is 4.73. The minimum absolute atomic E-state index is 0.00658. The molecule has 0 spiro atoms. The second-order valence-corrected chi connectivity index (χ2v) is 4.57. The lowest BCUT2D eigenvalue weighted by Crippen LogP contribution is -2.34. The molecule has 0 aliphatic rings. The van der Waals surface area contributed by atoms with Crippen LogP contribution < -0.4 is 15.4 Å². The predicted octanol–water partition coefficient (Wildman–Crippen LogP) is 2.53. The monoisotopic (exact) mass is 302 g/mol. The molecule has 0 heterocycles. The van der Waals surface area contributed by atoms with Gasteiger partial charge in [-0.2, -0.15) is 0 Å². The van der Waals surface area contributed by atoms with Gasteiger partial charge in [-0.05, 0) is 36.5 Å². The highest BCUT2D eigenvalue weighted by Crippen LogP contribution is 2.27. The maximum Gasteiger partial charge on any atom is 0.257 e. The lowest BCUT2D eigenvalue weighted by atomic mass is 10.2. The van der Waals surface area contributed by atoms with Crippen molar-refractivity contribution in [2.45, 2.75) is 0 Å². The molecule has 2 aromatic carbocycles. The molecule has 0 unspecified atom stereocenters. The van der Waals surface area contributed by atoms with Crippen molar-refractivity contribution < 1.29 is 14.6 Å². The molecule has 2 aromatic rings. The van der Waals surface area contributed by atoms with Crippen LogP contribution in [0.1, 0.15) is 10.4 Å². The second-order valence-electron chi connectivity index (χ2n) is 4.16. The van der Waals surface area contributed by atoms with E-state index in [0.29, 0.717) is 17.0 Å². The summed E-state index contributed by atoms with van der Waals surface area (Å²) < 4.78 is 5.06. The first-order valence-corrected chi connectivity index (χ1v) is 6.55. The van der Waals surface area contributed by atoms with Crippen molar-refractivity contribution in [3.05, 3.63) is 54.1 Å². The van der Waals surface area contributed by atoms with Gasteiger partial charge >= 0.3 is 0 Å². The Balaban J connectivity index is 2.04. The van der Waals surface area contributed by atoms with Gasteiger partial charge in [-0.1, -0.05) is 18.2 Å². The number of ether oxygens (including phenoxy) is 1. The summed E-state index contributed by atoms with van der Waals surface area (Å²) in [6.45, 7) is 0. The van der Waals surface area contributed by atoms with Gasteiger partial charge in [0, 0.05) is 11.6 Å². The summed E-state index contributed by atoms with van der Waals surface area (Å²) in [6.07, 6.45) is 0. The third-order valence-corrected chi connectivity index (χ3v) is 2.92. The van der Waals surface area contributed by atoms with Gasteiger partial charge in [0.15, 0.2) is 5.11 Å². The summed E-state index contributed by atoms with van der Waals surface area (Å²) in [4.78, 5) is 11.9. The number of carbonyl (C=O) groups excluding carboxylic acids is 1. The van der Waals surface area contributed by atoms with E-state index in [1.54, 1.807) is 36.4 Å². The smallest absolute Gasteiger partial charge is 0.257 e. The quantitative estimate of drug-likeness (QED) is 0.600. The lowest BCUT2D eigenvalue weighted by molar-refractivity contribution is 0.0977. The molecule has 3 N–H and O–H groups in total. The summed E-state index contributed by atoms with van der Waals surface area (Å²) in [5, 5.41) is 15.1. The van der Waals surface area contributed by atoms with E-state index in [-0.39, 0.29) is 16.8 Å². The highest BCUT2D eigenvalue weighted by Gasteiger charge is 2.09. The number of carbonyl (C=O) groups is 1. The molecule has 0 radical (unpaired) electrons. The van der Waals surface area contributed by atoms with Gasteiger partial charge in [-0.25, -0.2) is 0 Å². The molecule has 108 valence electrons. The summed E-state index contributed by atoms with van der Waals surface area (Å²) in [5.74, 6) is 0.245. The molecule has 2 rings (SSSR count). The number of rotatable bonds is 3. The van der Waals surface area contributed by atoms with Gasteiger partial charge in [0.2, 0.25) is 0 Å². The van der Waals surface area contributed by atoms with Crippen LogP contribution >= 0.6 is 12.2 Å². The summed E-state index contributed by atoms with van der Waals surface area (Å²) in [5.41, 5.74) is 0.851. The zero-order valence-electron chi connectivity index (χ0n) is 11.3. The van der Waals surface area contributed by atoms with E-state index in [2.05, 4.69) is 10.6 Å². The zero-order chi connectivity index (χ0) is 15.2. The molecular weight excluding hydrogens is 288 g/mol. The molecule has 0 aliphatic heterocycles. The van der Waals surface area contributed by atoms with Crippen LogP contribution in [0.5, 0.6) is 11.5 Å². The fourth-order valence-electron chi connectivity index (χ4n) is 1.66. The Hall–Kier alpha value is -2.60. The molecule has 6 heteroatoms. The van der Waals surface area contributed by atoms with Crippen molar-refractivity contribution in [1.29, 1.82) is 0 Å². The van der Waals surface area contributed by atoms with Crippen LogP contribution in [0.25, 0.3) is 0 Å². The fraction of sp³-hybridized carbons (Fsp3) is 0.0667. The highest BCUT2D eigenvalue weighted by molar-refractivity contribution is 7.80. The first kappa shape index (κ1) is 14.8. The number of phenols is 1. The Bertz CT molecular complexity index is 659. The van der Waals surface area contributed by atoms with E-state index in [1.165, 1.54) is 13.2 Å². The number of amides is 1. The van der Waals surface area contributed by atoms with Crippen molar-refractivity contribution in [2.75, 3.05) is 12.4 Å². The lowest BCUT2D eigenvalue weighted by Gasteiger charge is -2.12. The number of nitrogens with one attached hydrogen (secondary N) is 2. The molecule has 0 bridgehead atoms. The van der Waals surface area contributed by atoms with E-state index in [4.69, 9.17) is 17.0 Å². The molecule has 0 fully saturated rings. The van der Waals surface area contributed by atoms with E-state index in [0.717, 1.165) is 0 Å². The van der Waals surface area contributed by atoms with Crippen molar-refractivity contribution in [1.82, 2.24) is 5.32 Å². The normalized spacial score (nSPS) is 9.76. The predicted molar refractivity (Wildman–Crippen MR) is 84.8 cm³/mol. The van der Waals surface area contributed by atoms with Gasteiger partial charge in [0.1, 0.15) is 11.5 Å². The molecule has 0 aromatic heterocycles. The molecular formula is C15H14N2O3S. The molecule has 1 amide bonds. The molecule has 0 atom stereocenters. The average Bonchev–Trinajstić information content (AvgIpc) is 2.50. The van der Waals surface area contributed by atoms with E-state index in [9.17, 15) is 9.90 Å². The standard InChI is InChI=1S/C15H14N2O3S/c1-20-11-7-8-13(18)12(9-11)16-15(21)17-14(19)10-5-3-2-4-6-10/h2-9,18H,1H3,(H2,16,17,19,21). The van der Waals surface area contributed by atoms with Gasteiger partial charge in [-0.3, -0.25) is 10.1 Å². The van der Waals surface area contributed by atoms with Gasteiger partial charge in [0.05, 0.1) is 12.8 Å². The van der Waals surface area contributed by atoms with Gasteiger partial charge in [-0.15, -0.1) is 0 Å². The van der Waals surface area contributed by atoms with Crippen LogP contribution in [0, 0.1) is 0 Å². The maximum atomic E-state index is 11.9. The number of hydrogen-bond acceptors (Lipinski definition) is 4. The van der Waals surface area contributed by atoms with Crippen LogP contribution in [-0.2, 0) is 0 Å². The maximum absolute atomic E-state index is 11.9. The van der Waals surface area contributed by atoms with Crippen molar-refractivity contribution in [2.24, 2.45) is 0 Å². The average molecular weight is 302 g/mol. The first-order chi connectivity index (χ1) is 10.1. The number of aromatic hydroxyl groups is 1. The number of benzene rings is 2. The van der Waals surface area contributed by atoms with Crippen LogP contribution in [0.3, 0.4) is 0 Å². The minimum Gasteiger partial charge on any atom is -0.506 e. The molecule has 0 saturated heterocycles. The van der Waals surface area contributed by atoms with Crippen LogP contribution in [0.2, 0.25) is 0 Å². The summed E-state index contributed by atoms with van der Waals surface area (Å²) in [6, 6.07) is 13.4. The topological polar surface area (TPSA) is 70.6 Å². The Morgan fingerprint density at radius 1 is 1.19 bits per heavy atom. The van der Waals surface area contributed by atoms with Crippen LogP contribution in [-0.4, -0.2) is 23.2 Å². The third-order valence-electron chi connectivity index (χ3n) is 2.71. The van der Waals surface area contributed by atoms with Crippen LogP contribution in [0.4, 0.5) is 5.69 Å². The van der Waals surface area contributed by atoms with Crippen molar-refractivity contribution >= 4 is 28.9 Å². The number of methoxy groups -OCH3 is 1. The van der Waals surface area contributed by atoms with E-state index < -0.39 is 0 Å². The van der Waals surface area contributed by atoms with Crippen LogP contribution in [0.15, 0.2) is 48.5 Å². The van der Waals surface area contributed by atoms with Gasteiger partial charge < -0.3 is 15.2 Å².